The first kappa shape index (κ1) is 15.4. The highest BCUT2D eigenvalue weighted by Gasteiger charge is 2.24. The Morgan fingerprint density at radius 3 is 2.60 bits per heavy atom. The molecule has 4 rings (SSSR count). The van der Waals surface area contributed by atoms with Crippen molar-refractivity contribution in [1.82, 2.24) is 19.9 Å². The zero-order valence-corrected chi connectivity index (χ0v) is 14.0. The second-order valence-electron chi connectivity index (χ2n) is 5.96. The molecule has 0 saturated carbocycles. The Morgan fingerprint density at radius 2 is 1.88 bits per heavy atom. The Hall–Kier alpha value is -3.09. The van der Waals surface area contributed by atoms with E-state index in [1.807, 2.05) is 29.2 Å². The van der Waals surface area contributed by atoms with Crippen LogP contribution in [0, 0.1) is 0 Å². The summed E-state index contributed by atoms with van der Waals surface area (Å²) in [7, 11) is 1.63. The quantitative estimate of drug-likeness (QED) is 0.790. The number of fused-ring (bicyclic) bond motifs is 1. The highest BCUT2D eigenvalue weighted by atomic mass is 16.5. The topological polar surface area (TPSA) is 74.4 Å². The average molecular weight is 337 g/mol. The molecular formula is C18H19N5O2. The highest BCUT2D eigenvalue weighted by Crippen LogP contribution is 2.22. The van der Waals surface area contributed by atoms with Gasteiger partial charge in [0.1, 0.15) is 11.4 Å². The smallest absolute Gasteiger partial charge is 0.270 e. The van der Waals surface area contributed by atoms with Crippen LogP contribution >= 0.6 is 0 Å². The molecule has 0 spiro atoms. The van der Waals surface area contributed by atoms with Gasteiger partial charge in [-0.15, -0.1) is 0 Å². The lowest BCUT2D eigenvalue weighted by Crippen LogP contribution is -2.49. The Kier molecular flexibility index (Phi) is 3.97. The van der Waals surface area contributed by atoms with Crippen LogP contribution in [0.25, 0.3) is 10.9 Å². The number of carbonyl (C=O) groups excluding carboxylic acids is 1. The highest BCUT2D eigenvalue weighted by molar-refractivity contribution is 5.98. The monoisotopic (exact) mass is 337 g/mol. The molecule has 1 aliphatic rings. The molecule has 0 aliphatic carbocycles. The van der Waals surface area contributed by atoms with Crippen LogP contribution in [-0.4, -0.2) is 59.0 Å². The van der Waals surface area contributed by atoms with Gasteiger partial charge in [-0.3, -0.25) is 4.79 Å². The number of carbonyl (C=O) groups is 1. The van der Waals surface area contributed by atoms with Gasteiger partial charge in [-0.25, -0.2) is 9.97 Å². The van der Waals surface area contributed by atoms with Crippen molar-refractivity contribution in [3.05, 3.63) is 48.4 Å². The Bertz CT molecular complexity index is 885. The molecule has 1 aliphatic heterocycles. The third kappa shape index (κ3) is 3.00. The maximum atomic E-state index is 12.8. The number of anilines is 1. The van der Waals surface area contributed by atoms with Crippen LogP contribution in [0.3, 0.4) is 0 Å². The van der Waals surface area contributed by atoms with E-state index >= 15 is 0 Å². The Balaban J connectivity index is 1.47. The normalized spacial score (nSPS) is 14.8. The first-order valence-corrected chi connectivity index (χ1v) is 8.22. The first-order valence-electron chi connectivity index (χ1n) is 8.22. The molecular weight excluding hydrogens is 318 g/mol. The molecule has 1 N–H and O–H groups in total. The summed E-state index contributed by atoms with van der Waals surface area (Å²) in [6, 6.07) is 9.41. The number of nitrogens with zero attached hydrogens (tertiary/aromatic N) is 4. The van der Waals surface area contributed by atoms with Crippen LogP contribution in [0.5, 0.6) is 5.75 Å². The molecule has 2 aromatic heterocycles. The molecule has 1 fully saturated rings. The zero-order valence-electron chi connectivity index (χ0n) is 14.0. The number of hydrogen-bond donors (Lipinski definition) is 1. The molecule has 1 aromatic carbocycles. The van der Waals surface area contributed by atoms with E-state index in [0.29, 0.717) is 24.7 Å². The number of aromatic nitrogens is 3. The van der Waals surface area contributed by atoms with Crippen LogP contribution < -0.4 is 9.64 Å². The van der Waals surface area contributed by atoms with Gasteiger partial charge in [-0.2, -0.15) is 0 Å². The number of nitrogens with one attached hydrogen (secondary N) is 1. The molecule has 1 amide bonds. The number of rotatable bonds is 3. The summed E-state index contributed by atoms with van der Waals surface area (Å²) in [5, 5.41) is 0.971. The lowest BCUT2D eigenvalue weighted by molar-refractivity contribution is 0.0741. The number of ether oxygens (including phenoxy) is 1. The summed E-state index contributed by atoms with van der Waals surface area (Å²) >= 11 is 0. The van der Waals surface area contributed by atoms with Crippen molar-refractivity contribution in [3.63, 3.8) is 0 Å². The maximum Gasteiger partial charge on any atom is 0.270 e. The lowest BCUT2D eigenvalue weighted by atomic mass is 10.2. The fraction of sp³-hybridized carbons (Fsp3) is 0.278. The lowest BCUT2D eigenvalue weighted by Gasteiger charge is -2.34. The van der Waals surface area contributed by atoms with Gasteiger partial charge in [0.15, 0.2) is 0 Å². The summed E-state index contributed by atoms with van der Waals surface area (Å²) in [5.74, 6) is 1.51. The molecule has 7 heteroatoms. The van der Waals surface area contributed by atoms with Crippen LogP contribution in [0.15, 0.2) is 42.7 Å². The third-order valence-corrected chi connectivity index (χ3v) is 4.46. The van der Waals surface area contributed by atoms with Gasteiger partial charge in [0.25, 0.3) is 5.91 Å². The molecule has 0 bridgehead atoms. The minimum absolute atomic E-state index is 0.0174. The average Bonchev–Trinajstić information content (AvgIpc) is 3.11. The number of hydrogen-bond acceptors (Lipinski definition) is 5. The molecule has 0 atom stereocenters. The van der Waals surface area contributed by atoms with Crippen LogP contribution in [0.4, 0.5) is 5.95 Å². The van der Waals surface area contributed by atoms with E-state index in [4.69, 9.17) is 4.74 Å². The van der Waals surface area contributed by atoms with E-state index in [2.05, 4.69) is 19.9 Å². The van der Waals surface area contributed by atoms with Crippen molar-refractivity contribution in [3.8, 4) is 5.75 Å². The van der Waals surface area contributed by atoms with Crippen molar-refractivity contribution in [2.45, 2.75) is 0 Å². The summed E-state index contributed by atoms with van der Waals surface area (Å²) < 4.78 is 5.24. The molecule has 0 radical (unpaired) electrons. The van der Waals surface area contributed by atoms with E-state index in [-0.39, 0.29) is 5.91 Å². The Morgan fingerprint density at radius 1 is 1.12 bits per heavy atom. The molecule has 25 heavy (non-hydrogen) atoms. The molecule has 7 nitrogen and oxygen atoms in total. The minimum Gasteiger partial charge on any atom is -0.497 e. The van der Waals surface area contributed by atoms with Gasteiger partial charge in [0.05, 0.1) is 7.11 Å². The van der Waals surface area contributed by atoms with Crippen molar-refractivity contribution in [2.24, 2.45) is 0 Å². The van der Waals surface area contributed by atoms with Crippen LogP contribution in [0.1, 0.15) is 10.5 Å². The SMILES string of the molecule is COc1ccc2[nH]c(C(=O)N3CCN(c4ncccn4)CC3)cc2c1. The summed E-state index contributed by atoms with van der Waals surface area (Å²) in [6.07, 6.45) is 3.47. The first-order chi connectivity index (χ1) is 12.2. The summed E-state index contributed by atoms with van der Waals surface area (Å²) in [5.41, 5.74) is 1.54. The van der Waals surface area contributed by atoms with Gasteiger partial charge in [0, 0.05) is 49.5 Å². The number of methoxy groups -OCH3 is 1. The fourth-order valence-corrected chi connectivity index (χ4v) is 3.09. The van der Waals surface area contributed by atoms with Gasteiger partial charge in [-0.05, 0) is 30.3 Å². The third-order valence-electron chi connectivity index (χ3n) is 4.46. The van der Waals surface area contributed by atoms with E-state index in [1.165, 1.54) is 0 Å². The molecule has 128 valence electrons. The minimum atomic E-state index is 0.0174. The second-order valence-corrected chi connectivity index (χ2v) is 5.96. The number of piperazine rings is 1. The second kappa shape index (κ2) is 6.43. The standard InChI is InChI=1S/C18H19N5O2/c1-25-14-3-4-15-13(11-14)12-16(21-15)17(24)22-7-9-23(10-8-22)18-19-5-2-6-20-18/h2-6,11-12,21H,7-10H2,1H3. The molecule has 1 saturated heterocycles. The van der Waals surface area contributed by atoms with Gasteiger partial charge < -0.3 is 19.5 Å². The molecule has 3 aromatic rings. The summed E-state index contributed by atoms with van der Waals surface area (Å²) in [4.78, 5) is 28.5. The van der Waals surface area contributed by atoms with E-state index < -0.39 is 0 Å². The van der Waals surface area contributed by atoms with Crippen molar-refractivity contribution in [2.75, 3.05) is 38.2 Å². The van der Waals surface area contributed by atoms with E-state index in [9.17, 15) is 4.79 Å². The fourth-order valence-electron chi connectivity index (χ4n) is 3.09. The Labute approximate surface area is 145 Å². The van der Waals surface area contributed by atoms with Crippen LogP contribution in [0.2, 0.25) is 0 Å². The predicted molar refractivity (Wildman–Crippen MR) is 95.0 cm³/mol. The predicted octanol–water partition coefficient (Wildman–Crippen LogP) is 1.93. The maximum absolute atomic E-state index is 12.8. The van der Waals surface area contributed by atoms with Crippen molar-refractivity contribution >= 4 is 22.8 Å². The number of H-pyrrole nitrogens is 1. The molecule has 3 heterocycles. The van der Waals surface area contributed by atoms with E-state index in [1.54, 1.807) is 25.6 Å². The zero-order chi connectivity index (χ0) is 17.2. The van der Waals surface area contributed by atoms with Crippen molar-refractivity contribution in [1.29, 1.82) is 0 Å². The van der Waals surface area contributed by atoms with Gasteiger partial charge in [-0.1, -0.05) is 0 Å². The largest absolute Gasteiger partial charge is 0.497 e. The van der Waals surface area contributed by atoms with Crippen molar-refractivity contribution < 1.29 is 9.53 Å². The van der Waals surface area contributed by atoms with E-state index in [0.717, 1.165) is 29.7 Å². The summed E-state index contributed by atoms with van der Waals surface area (Å²) in [6.45, 7) is 2.75. The van der Waals surface area contributed by atoms with Gasteiger partial charge >= 0.3 is 0 Å². The number of benzene rings is 1. The number of amides is 1. The van der Waals surface area contributed by atoms with Crippen LogP contribution in [-0.2, 0) is 0 Å². The number of aromatic amines is 1. The van der Waals surface area contributed by atoms with Gasteiger partial charge in [0.2, 0.25) is 5.95 Å². The molecule has 0 unspecified atom stereocenters.